The summed E-state index contributed by atoms with van der Waals surface area (Å²) in [5.41, 5.74) is 2.20. The van der Waals surface area contributed by atoms with Crippen LogP contribution in [0.25, 0.3) is 0 Å². The van der Waals surface area contributed by atoms with Gasteiger partial charge in [-0.05, 0) is 19.8 Å². The van der Waals surface area contributed by atoms with Crippen LogP contribution < -0.4 is 11.3 Å². The fourth-order valence-electron chi connectivity index (χ4n) is 1.43. The number of nitrogens with two attached hydrogens (primary N) is 1. The third kappa shape index (κ3) is 4.92. The van der Waals surface area contributed by atoms with Crippen molar-refractivity contribution in [2.75, 3.05) is 19.1 Å². The summed E-state index contributed by atoms with van der Waals surface area (Å²) in [6, 6.07) is -0.165. The van der Waals surface area contributed by atoms with E-state index in [4.69, 9.17) is 10.6 Å². The fourth-order valence-corrected chi connectivity index (χ4v) is 2.09. The SMILES string of the molecule is CCC(C)(OC)C(CCS(C)(=O)=O)NN. The van der Waals surface area contributed by atoms with Crippen molar-refractivity contribution in [3.63, 3.8) is 0 Å². The van der Waals surface area contributed by atoms with E-state index in [1.165, 1.54) is 6.26 Å². The predicted molar refractivity (Wildman–Crippen MR) is 61.1 cm³/mol. The van der Waals surface area contributed by atoms with Gasteiger partial charge < -0.3 is 4.74 Å². The zero-order valence-electron chi connectivity index (χ0n) is 9.91. The van der Waals surface area contributed by atoms with Crippen LogP contribution in [0.3, 0.4) is 0 Å². The van der Waals surface area contributed by atoms with E-state index in [2.05, 4.69) is 5.43 Å². The Morgan fingerprint density at radius 2 is 2.07 bits per heavy atom. The van der Waals surface area contributed by atoms with Gasteiger partial charge in [-0.1, -0.05) is 6.92 Å². The van der Waals surface area contributed by atoms with E-state index in [9.17, 15) is 8.42 Å². The summed E-state index contributed by atoms with van der Waals surface area (Å²) in [4.78, 5) is 0. The van der Waals surface area contributed by atoms with Crippen molar-refractivity contribution in [1.82, 2.24) is 5.43 Å². The average Bonchev–Trinajstić information content (AvgIpc) is 2.16. The Morgan fingerprint density at radius 1 is 1.53 bits per heavy atom. The first-order valence-electron chi connectivity index (χ1n) is 4.98. The molecule has 0 aromatic rings. The standard InChI is InChI=1S/C9H22N2O3S/c1-5-9(2,14-3)8(11-10)6-7-15(4,12)13/h8,11H,5-7,10H2,1-4H3. The molecule has 0 rings (SSSR count). The van der Waals surface area contributed by atoms with Crippen LogP contribution in [0.1, 0.15) is 26.7 Å². The van der Waals surface area contributed by atoms with Crippen LogP contribution in [-0.4, -0.2) is 39.2 Å². The van der Waals surface area contributed by atoms with Crippen molar-refractivity contribution in [1.29, 1.82) is 0 Å². The van der Waals surface area contributed by atoms with E-state index in [0.717, 1.165) is 6.42 Å². The summed E-state index contributed by atoms with van der Waals surface area (Å²) >= 11 is 0. The highest BCUT2D eigenvalue weighted by molar-refractivity contribution is 7.90. The molecule has 15 heavy (non-hydrogen) atoms. The average molecular weight is 238 g/mol. The first-order valence-corrected chi connectivity index (χ1v) is 7.04. The second kappa shape index (κ2) is 5.79. The van der Waals surface area contributed by atoms with Gasteiger partial charge >= 0.3 is 0 Å². The van der Waals surface area contributed by atoms with Gasteiger partial charge in [0.15, 0.2) is 0 Å². The predicted octanol–water partition coefficient (Wildman–Crippen LogP) is 0.0681. The number of nitrogens with one attached hydrogen (secondary N) is 1. The number of sulfone groups is 1. The molecule has 0 aliphatic carbocycles. The minimum Gasteiger partial charge on any atom is -0.377 e. The van der Waals surface area contributed by atoms with Crippen LogP contribution in [0.2, 0.25) is 0 Å². The molecular formula is C9H22N2O3S. The zero-order chi connectivity index (χ0) is 12.1. The molecule has 0 bridgehead atoms. The van der Waals surface area contributed by atoms with Crippen LogP contribution in [0.4, 0.5) is 0 Å². The van der Waals surface area contributed by atoms with Gasteiger partial charge in [-0.2, -0.15) is 0 Å². The van der Waals surface area contributed by atoms with Crippen LogP contribution in [-0.2, 0) is 14.6 Å². The van der Waals surface area contributed by atoms with Crippen molar-refractivity contribution in [3.8, 4) is 0 Å². The van der Waals surface area contributed by atoms with E-state index in [0.29, 0.717) is 6.42 Å². The van der Waals surface area contributed by atoms with Crippen molar-refractivity contribution < 1.29 is 13.2 Å². The number of hydrogen-bond donors (Lipinski definition) is 2. The van der Waals surface area contributed by atoms with Gasteiger partial charge in [0.2, 0.25) is 0 Å². The molecule has 0 spiro atoms. The summed E-state index contributed by atoms with van der Waals surface area (Å²) in [6.45, 7) is 3.90. The number of ether oxygens (including phenoxy) is 1. The van der Waals surface area contributed by atoms with Crippen molar-refractivity contribution in [2.45, 2.75) is 38.3 Å². The Labute approximate surface area is 92.3 Å². The van der Waals surface area contributed by atoms with Gasteiger partial charge in [0.25, 0.3) is 0 Å². The lowest BCUT2D eigenvalue weighted by molar-refractivity contribution is -0.0296. The van der Waals surface area contributed by atoms with Gasteiger partial charge in [-0.25, -0.2) is 8.42 Å². The smallest absolute Gasteiger partial charge is 0.147 e. The second-order valence-corrected chi connectivity index (χ2v) is 6.27. The molecule has 0 aliphatic rings. The third-order valence-corrected chi connectivity index (χ3v) is 3.86. The second-order valence-electron chi connectivity index (χ2n) is 4.01. The van der Waals surface area contributed by atoms with Gasteiger partial charge in [-0.15, -0.1) is 0 Å². The molecule has 2 unspecified atom stereocenters. The highest BCUT2D eigenvalue weighted by Crippen LogP contribution is 2.21. The number of hydrogen-bond acceptors (Lipinski definition) is 5. The Bertz CT molecular complexity index is 273. The summed E-state index contributed by atoms with van der Waals surface area (Å²) in [7, 11) is -1.35. The molecule has 3 N–H and O–H groups in total. The summed E-state index contributed by atoms with van der Waals surface area (Å²) in [5, 5.41) is 0. The monoisotopic (exact) mass is 238 g/mol. The zero-order valence-corrected chi connectivity index (χ0v) is 10.7. The molecule has 6 heteroatoms. The minimum atomic E-state index is -2.96. The molecule has 0 saturated heterocycles. The molecule has 5 nitrogen and oxygen atoms in total. The van der Waals surface area contributed by atoms with Gasteiger partial charge in [0, 0.05) is 13.4 Å². The first kappa shape index (κ1) is 14.8. The lowest BCUT2D eigenvalue weighted by Gasteiger charge is -2.35. The van der Waals surface area contributed by atoms with Crippen molar-refractivity contribution in [2.24, 2.45) is 5.84 Å². The molecule has 0 radical (unpaired) electrons. The van der Waals surface area contributed by atoms with Crippen LogP contribution >= 0.6 is 0 Å². The molecule has 0 amide bonds. The van der Waals surface area contributed by atoms with Crippen LogP contribution in [0, 0.1) is 0 Å². The maximum absolute atomic E-state index is 11.0. The summed E-state index contributed by atoms with van der Waals surface area (Å²) in [6.07, 6.45) is 2.44. The fraction of sp³-hybridized carbons (Fsp3) is 1.00. The van der Waals surface area contributed by atoms with E-state index >= 15 is 0 Å². The molecule has 0 aromatic carbocycles. The van der Waals surface area contributed by atoms with E-state index in [1.807, 2.05) is 13.8 Å². The quantitative estimate of drug-likeness (QED) is 0.484. The van der Waals surface area contributed by atoms with Gasteiger partial charge in [0.1, 0.15) is 9.84 Å². The lowest BCUT2D eigenvalue weighted by atomic mass is 9.92. The van der Waals surface area contributed by atoms with E-state index < -0.39 is 15.4 Å². The molecule has 0 aliphatic heterocycles. The van der Waals surface area contributed by atoms with Gasteiger partial charge in [-0.3, -0.25) is 11.3 Å². The third-order valence-electron chi connectivity index (χ3n) is 2.88. The van der Waals surface area contributed by atoms with E-state index in [-0.39, 0.29) is 11.8 Å². The molecular weight excluding hydrogens is 216 g/mol. The first-order chi connectivity index (χ1) is 6.79. The van der Waals surface area contributed by atoms with Gasteiger partial charge in [0.05, 0.1) is 17.4 Å². The Balaban J connectivity index is 4.49. The molecule has 0 heterocycles. The molecule has 0 aromatic heterocycles. The Kier molecular flexibility index (Phi) is 5.72. The van der Waals surface area contributed by atoms with Crippen LogP contribution in [0.15, 0.2) is 0 Å². The normalized spacial score (nSPS) is 18.5. The largest absolute Gasteiger partial charge is 0.377 e. The maximum Gasteiger partial charge on any atom is 0.147 e. The maximum atomic E-state index is 11.0. The van der Waals surface area contributed by atoms with E-state index in [1.54, 1.807) is 7.11 Å². The Hall–Kier alpha value is -0.170. The van der Waals surface area contributed by atoms with Crippen LogP contribution in [0.5, 0.6) is 0 Å². The van der Waals surface area contributed by atoms with Crippen molar-refractivity contribution in [3.05, 3.63) is 0 Å². The molecule has 0 saturated carbocycles. The lowest BCUT2D eigenvalue weighted by Crippen LogP contribution is -2.53. The summed E-state index contributed by atoms with van der Waals surface area (Å²) < 4.78 is 27.5. The summed E-state index contributed by atoms with van der Waals surface area (Å²) in [5.74, 6) is 5.53. The minimum absolute atomic E-state index is 0.112. The molecule has 92 valence electrons. The highest BCUT2D eigenvalue weighted by Gasteiger charge is 2.32. The topological polar surface area (TPSA) is 81.4 Å². The van der Waals surface area contributed by atoms with Crippen molar-refractivity contribution >= 4 is 9.84 Å². The molecule has 0 fully saturated rings. The number of rotatable bonds is 7. The highest BCUT2D eigenvalue weighted by atomic mass is 32.2. The number of methoxy groups -OCH3 is 1. The molecule has 2 atom stereocenters. The Morgan fingerprint density at radius 3 is 2.33 bits per heavy atom. The number of hydrazine groups is 1.